The van der Waals surface area contributed by atoms with Crippen molar-refractivity contribution in [1.82, 2.24) is 0 Å². The van der Waals surface area contributed by atoms with Crippen LogP contribution in [0.25, 0.3) is 0 Å². The average Bonchev–Trinajstić information content (AvgIpc) is 2.69. The van der Waals surface area contributed by atoms with Crippen molar-refractivity contribution < 1.29 is 0 Å². The summed E-state index contributed by atoms with van der Waals surface area (Å²) in [5.41, 5.74) is 0. The van der Waals surface area contributed by atoms with E-state index in [-0.39, 0.29) is 15.8 Å². The van der Waals surface area contributed by atoms with Gasteiger partial charge in [0.1, 0.15) is 0 Å². The summed E-state index contributed by atoms with van der Waals surface area (Å²) >= 11 is 0. The molecule has 9 rings (SSSR count). The molecule has 0 aliphatic heterocycles. The minimum absolute atomic E-state index is 0.0648. The van der Waals surface area contributed by atoms with E-state index in [1.165, 1.54) is 0 Å². The van der Waals surface area contributed by atoms with Crippen molar-refractivity contribution in [3.8, 4) is 0 Å². The normalized spacial score (nSPS) is 50.1. The SMILES string of the molecule is CC(C)(C)P(CC1CCC1CP(C12CC3CC(CC(C3)C1)C2)C12CC3CC(CC(C3)C1)C2)C(C)(C)C. The lowest BCUT2D eigenvalue weighted by molar-refractivity contribution is 0.0177. The fourth-order valence-electron chi connectivity index (χ4n) is 12.8. The largest absolute Gasteiger partial charge is 0.0954 e. The van der Waals surface area contributed by atoms with Crippen molar-refractivity contribution in [1.29, 1.82) is 0 Å². The molecule has 36 heavy (non-hydrogen) atoms. The van der Waals surface area contributed by atoms with E-state index in [1.807, 2.05) is 0 Å². The van der Waals surface area contributed by atoms with Crippen molar-refractivity contribution >= 4 is 15.8 Å². The topological polar surface area (TPSA) is 0 Å². The maximum absolute atomic E-state index is 2.56. The molecule has 2 heteroatoms. The molecule has 0 aromatic carbocycles. The first kappa shape index (κ1) is 25.8. The summed E-state index contributed by atoms with van der Waals surface area (Å²) in [6.45, 7) is 15.4. The van der Waals surface area contributed by atoms with Crippen LogP contribution in [0.3, 0.4) is 0 Å². The Balaban J connectivity index is 1.18. The molecule has 9 aliphatic rings. The number of rotatable bonds is 6. The zero-order valence-corrected chi connectivity index (χ0v) is 26.6. The summed E-state index contributed by atoms with van der Waals surface area (Å²) in [6.07, 6.45) is 26.5. The summed E-state index contributed by atoms with van der Waals surface area (Å²) in [7, 11) is 0.261. The molecule has 0 nitrogen and oxygen atoms in total. The fraction of sp³-hybridized carbons (Fsp3) is 1.00. The summed E-state index contributed by atoms with van der Waals surface area (Å²) in [5, 5.41) is 2.68. The van der Waals surface area contributed by atoms with Gasteiger partial charge in [0.25, 0.3) is 0 Å². The number of hydrogen-bond acceptors (Lipinski definition) is 0. The molecule has 9 fully saturated rings. The second-order valence-corrected chi connectivity index (χ2v) is 25.0. The Bertz CT molecular complexity index is 714. The average molecular weight is 529 g/mol. The van der Waals surface area contributed by atoms with Crippen molar-refractivity contribution in [3.63, 3.8) is 0 Å². The van der Waals surface area contributed by atoms with Gasteiger partial charge in [-0.25, -0.2) is 0 Å². The van der Waals surface area contributed by atoms with Crippen molar-refractivity contribution in [2.24, 2.45) is 47.3 Å². The van der Waals surface area contributed by atoms with Gasteiger partial charge in [-0.2, -0.15) is 0 Å². The van der Waals surface area contributed by atoms with E-state index in [2.05, 4.69) is 41.5 Å². The van der Waals surface area contributed by atoms with Gasteiger partial charge in [0.05, 0.1) is 0 Å². The highest BCUT2D eigenvalue weighted by Crippen LogP contribution is 2.80. The van der Waals surface area contributed by atoms with E-state index in [0.717, 1.165) is 57.7 Å². The Morgan fingerprint density at radius 3 is 1.08 bits per heavy atom. The summed E-state index contributed by atoms with van der Waals surface area (Å²) in [4.78, 5) is 0. The monoisotopic (exact) mass is 528 g/mol. The van der Waals surface area contributed by atoms with Gasteiger partial charge in [-0.05, 0) is 170 Å². The lowest BCUT2D eigenvalue weighted by atomic mass is 9.55. The molecular weight excluding hydrogens is 470 g/mol. The standard InChI is InChI=1S/C34H58P2/c1-31(2,3)35(32(4,5)6)21-29-7-8-30(29)22-36(33-15-23-9-24(16-33)11-25(10-23)17-33)34-18-26-12-27(19-34)14-28(13-26)20-34/h23-30H,7-22H2,1-6H3. The highest BCUT2D eigenvalue weighted by atomic mass is 31.1. The molecule has 0 aromatic rings. The third-order valence-electron chi connectivity index (χ3n) is 13.2. The highest BCUT2D eigenvalue weighted by Gasteiger charge is 2.63. The van der Waals surface area contributed by atoms with Gasteiger partial charge >= 0.3 is 0 Å². The second kappa shape index (κ2) is 8.68. The number of hydrogen-bond donors (Lipinski definition) is 0. The molecule has 0 aromatic heterocycles. The Hall–Kier alpha value is 0.860. The van der Waals surface area contributed by atoms with E-state index in [9.17, 15) is 0 Å². The zero-order valence-electron chi connectivity index (χ0n) is 24.8. The smallest absolute Gasteiger partial charge is 0.00814 e. The molecule has 0 heterocycles. The van der Waals surface area contributed by atoms with E-state index in [4.69, 9.17) is 0 Å². The van der Waals surface area contributed by atoms with Crippen molar-refractivity contribution in [3.05, 3.63) is 0 Å². The maximum atomic E-state index is 2.56. The molecule has 0 amide bonds. The highest BCUT2D eigenvalue weighted by molar-refractivity contribution is 7.61. The molecule has 0 spiro atoms. The molecule has 8 bridgehead atoms. The van der Waals surface area contributed by atoms with Crippen LogP contribution in [-0.4, -0.2) is 32.9 Å². The van der Waals surface area contributed by atoms with E-state index >= 15 is 0 Å². The molecule has 2 atom stereocenters. The van der Waals surface area contributed by atoms with Crippen LogP contribution in [0.15, 0.2) is 0 Å². The van der Waals surface area contributed by atoms with Gasteiger partial charge in [0.2, 0.25) is 0 Å². The second-order valence-electron chi connectivity index (χ2n) is 17.9. The van der Waals surface area contributed by atoms with Crippen LogP contribution in [-0.2, 0) is 0 Å². The third kappa shape index (κ3) is 4.35. The van der Waals surface area contributed by atoms with E-state index < -0.39 is 0 Å². The van der Waals surface area contributed by atoms with Gasteiger partial charge in [-0.15, -0.1) is 0 Å². The van der Waals surface area contributed by atoms with Crippen LogP contribution in [0.4, 0.5) is 0 Å². The maximum Gasteiger partial charge on any atom is -0.00814 e. The molecule has 204 valence electrons. The first-order valence-electron chi connectivity index (χ1n) is 16.5. The predicted molar refractivity (Wildman–Crippen MR) is 161 cm³/mol. The first-order chi connectivity index (χ1) is 16.9. The van der Waals surface area contributed by atoms with Gasteiger partial charge in [-0.3, -0.25) is 0 Å². The van der Waals surface area contributed by atoms with Crippen LogP contribution in [0.1, 0.15) is 131 Å². The fourth-order valence-corrected chi connectivity index (χ4v) is 22.5. The Labute approximate surface area is 227 Å². The summed E-state index contributed by atoms with van der Waals surface area (Å²) < 4.78 is 0. The molecule has 9 aliphatic carbocycles. The molecule has 0 radical (unpaired) electrons. The van der Waals surface area contributed by atoms with E-state index in [1.54, 1.807) is 102 Å². The van der Waals surface area contributed by atoms with Crippen molar-refractivity contribution in [2.75, 3.05) is 12.3 Å². The van der Waals surface area contributed by atoms with E-state index in [0.29, 0.717) is 10.3 Å². The quantitative estimate of drug-likeness (QED) is 0.301. The predicted octanol–water partition coefficient (Wildman–Crippen LogP) is 10.5. The van der Waals surface area contributed by atoms with Crippen LogP contribution in [0, 0.1) is 47.3 Å². The van der Waals surface area contributed by atoms with Gasteiger partial charge in [0.15, 0.2) is 0 Å². The first-order valence-corrected chi connectivity index (χ1v) is 19.5. The Morgan fingerprint density at radius 1 is 0.500 bits per heavy atom. The van der Waals surface area contributed by atoms with Crippen LogP contribution >= 0.6 is 15.8 Å². The minimum Gasteiger partial charge on any atom is -0.0954 e. The van der Waals surface area contributed by atoms with Crippen LogP contribution in [0.5, 0.6) is 0 Å². The lowest BCUT2D eigenvalue weighted by Gasteiger charge is -2.68. The van der Waals surface area contributed by atoms with Crippen molar-refractivity contribution in [2.45, 2.75) is 152 Å². The Morgan fingerprint density at radius 2 is 0.806 bits per heavy atom. The molecule has 0 saturated heterocycles. The third-order valence-corrected chi connectivity index (χ3v) is 21.5. The molecule has 2 unspecified atom stereocenters. The van der Waals surface area contributed by atoms with Crippen LogP contribution in [0.2, 0.25) is 0 Å². The van der Waals surface area contributed by atoms with Gasteiger partial charge in [-0.1, -0.05) is 57.4 Å². The zero-order chi connectivity index (χ0) is 25.1. The van der Waals surface area contributed by atoms with Gasteiger partial charge < -0.3 is 0 Å². The molecule has 9 saturated carbocycles. The lowest BCUT2D eigenvalue weighted by Crippen LogP contribution is -2.57. The Kier molecular flexibility index (Phi) is 6.22. The van der Waals surface area contributed by atoms with Crippen LogP contribution < -0.4 is 0 Å². The molecular formula is C34H58P2. The molecule has 0 N–H and O–H groups in total. The van der Waals surface area contributed by atoms with Gasteiger partial charge in [0, 0.05) is 0 Å². The summed E-state index contributed by atoms with van der Waals surface area (Å²) in [5.74, 6) is 9.02. The minimum atomic E-state index is 0.0648. The summed E-state index contributed by atoms with van der Waals surface area (Å²) in [6, 6.07) is 0.